The van der Waals surface area contributed by atoms with Gasteiger partial charge in [-0.2, -0.15) is 0 Å². The zero-order valence-electron chi connectivity index (χ0n) is 13.9. The number of aromatic hydroxyl groups is 1. The Balaban J connectivity index is 2.05. The molecule has 6 nitrogen and oxygen atoms in total. The third kappa shape index (κ3) is 2.61. The van der Waals surface area contributed by atoms with Crippen LogP contribution in [0.5, 0.6) is 5.75 Å². The van der Waals surface area contributed by atoms with Gasteiger partial charge < -0.3 is 15.3 Å². The molecule has 1 aliphatic rings. The Morgan fingerprint density at radius 1 is 1.00 bits per heavy atom. The fraction of sp³-hybridized carbons (Fsp3) is 0.150. The van der Waals surface area contributed by atoms with Crippen LogP contribution in [0.15, 0.2) is 42.5 Å². The number of carbonyl (C=O) groups is 2. The summed E-state index contributed by atoms with van der Waals surface area (Å²) in [6.45, 7) is 0. The van der Waals surface area contributed by atoms with Crippen LogP contribution in [0.2, 0.25) is 5.02 Å². The maximum atomic E-state index is 11.8. The van der Waals surface area contributed by atoms with Gasteiger partial charge in [0.25, 0.3) is 0 Å². The summed E-state index contributed by atoms with van der Waals surface area (Å²) in [6, 6.07) is 11.3. The summed E-state index contributed by atoms with van der Waals surface area (Å²) in [5, 5.41) is 30.5. The van der Waals surface area contributed by atoms with Gasteiger partial charge in [0.2, 0.25) is 0 Å². The molecule has 27 heavy (non-hydrogen) atoms. The molecule has 0 unspecified atom stereocenters. The minimum atomic E-state index is -1.34. The highest BCUT2D eigenvalue weighted by atomic mass is 35.5. The first-order valence-electron chi connectivity index (χ1n) is 8.24. The van der Waals surface area contributed by atoms with E-state index in [9.17, 15) is 24.9 Å². The molecule has 0 aliphatic heterocycles. The molecule has 1 fully saturated rings. The van der Waals surface area contributed by atoms with Crippen LogP contribution in [0.4, 0.5) is 0 Å². The Morgan fingerprint density at radius 2 is 1.67 bits per heavy atom. The number of carboxylic acids is 2. The van der Waals surface area contributed by atoms with E-state index in [4.69, 9.17) is 11.6 Å². The number of hydrogen-bond donors (Lipinski definition) is 3. The standard InChI is InChI=1S/C20H14ClNO5/c21-11-6-4-10(5-7-11)20(8-9-20)17-16(23)14(19(26)27)12-2-1-3-13(18(24)25)15(12)22-17/h1-7,23H,8-9H2,(H,24,25)(H,26,27). The Morgan fingerprint density at radius 3 is 2.22 bits per heavy atom. The summed E-state index contributed by atoms with van der Waals surface area (Å²) in [4.78, 5) is 27.9. The van der Waals surface area contributed by atoms with Gasteiger partial charge in [-0.3, -0.25) is 0 Å². The molecule has 1 heterocycles. The average molecular weight is 384 g/mol. The second-order valence-electron chi connectivity index (χ2n) is 6.59. The average Bonchev–Trinajstić information content (AvgIpc) is 3.42. The Bertz CT molecular complexity index is 1100. The number of halogens is 1. The molecule has 7 heteroatoms. The van der Waals surface area contributed by atoms with Crippen molar-refractivity contribution in [1.82, 2.24) is 4.98 Å². The summed E-state index contributed by atoms with van der Waals surface area (Å²) >= 11 is 5.95. The molecule has 136 valence electrons. The van der Waals surface area contributed by atoms with E-state index in [1.54, 1.807) is 12.1 Å². The Kier molecular flexibility index (Phi) is 3.82. The van der Waals surface area contributed by atoms with Crippen LogP contribution in [-0.4, -0.2) is 32.2 Å². The molecular formula is C20H14ClNO5. The number of fused-ring (bicyclic) bond motifs is 1. The first kappa shape index (κ1) is 17.3. The van der Waals surface area contributed by atoms with Gasteiger partial charge in [0.1, 0.15) is 5.56 Å². The lowest BCUT2D eigenvalue weighted by molar-refractivity contribution is 0.0684. The minimum absolute atomic E-state index is 0.0513. The fourth-order valence-corrected chi connectivity index (χ4v) is 3.68. The number of carboxylic acid groups (broad SMARTS) is 2. The van der Waals surface area contributed by atoms with Gasteiger partial charge in [-0.05, 0) is 36.6 Å². The molecule has 0 radical (unpaired) electrons. The number of benzene rings is 2. The summed E-state index contributed by atoms with van der Waals surface area (Å²) < 4.78 is 0. The maximum absolute atomic E-state index is 11.8. The van der Waals surface area contributed by atoms with E-state index in [1.807, 2.05) is 12.1 Å². The lowest BCUT2D eigenvalue weighted by atomic mass is 9.89. The van der Waals surface area contributed by atoms with Gasteiger partial charge in [-0.1, -0.05) is 35.9 Å². The van der Waals surface area contributed by atoms with Crippen molar-refractivity contribution in [2.24, 2.45) is 0 Å². The summed E-state index contributed by atoms with van der Waals surface area (Å²) in [7, 11) is 0. The van der Waals surface area contributed by atoms with E-state index in [1.165, 1.54) is 18.2 Å². The van der Waals surface area contributed by atoms with Crippen LogP contribution in [0.25, 0.3) is 10.9 Å². The molecule has 3 N–H and O–H groups in total. The lowest BCUT2D eigenvalue weighted by Crippen LogP contribution is -2.15. The molecular weight excluding hydrogens is 370 g/mol. The lowest BCUT2D eigenvalue weighted by Gasteiger charge is -2.19. The molecule has 2 aromatic carbocycles. The number of para-hydroxylation sites is 1. The molecule has 1 saturated carbocycles. The molecule has 0 bridgehead atoms. The molecule has 3 aromatic rings. The van der Waals surface area contributed by atoms with Crippen molar-refractivity contribution in [3.63, 3.8) is 0 Å². The topological polar surface area (TPSA) is 108 Å². The van der Waals surface area contributed by atoms with E-state index in [0.717, 1.165) is 5.56 Å². The monoisotopic (exact) mass is 383 g/mol. The number of rotatable bonds is 4. The molecule has 1 aliphatic carbocycles. The molecule has 0 saturated heterocycles. The van der Waals surface area contributed by atoms with Gasteiger partial charge in [0, 0.05) is 15.8 Å². The zero-order valence-corrected chi connectivity index (χ0v) is 14.7. The smallest absolute Gasteiger partial charge is 0.340 e. The number of aromatic nitrogens is 1. The Hall–Kier alpha value is -3.12. The predicted molar refractivity (Wildman–Crippen MR) is 98.8 cm³/mol. The first-order valence-corrected chi connectivity index (χ1v) is 8.62. The number of hydrogen-bond acceptors (Lipinski definition) is 4. The van der Waals surface area contributed by atoms with Crippen molar-refractivity contribution < 1.29 is 24.9 Å². The second kappa shape index (κ2) is 5.96. The van der Waals surface area contributed by atoms with E-state index in [2.05, 4.69) is 4.98 Å². The van der Waals surface area contributed by atoms with E-state index in [-0.39, 0.29) is 27.7 Å². The van der Waals surface area contributed by atoms with Gasteiger partial charge in [0.05, 0.1) is 16.8 Å². The molecule has 0 amide bonds. The van der Waals surface area contributed by atoms with Crippen molar-refractivity contribution in [3.8, 4) is 5.75 Å². The molecule has 0 atom stereocenters. The van der Waals surface area contributed by atoms with Crippen molar-refractivity contribution in [2.45, 2.75) is 18.3 Å². The molecule has 0 spiro atoms. The quantitative estimate of drug-likeness (QED) is 0.626. The van der Waals surface area contributed by atoms with Crippen molar-refractivity contribution in [2.75, 3.05) is 0 Å². The van der Waals surface area contributed by atoms with Crippen LogP contribution < -0.4 is 0 Å². The predicted octanol–water partition coefficient (Wildman–Crippen LogP) is 4.07. The summed E-state index contributed by atoms with van der Waals surface area (Å²) in [6.07, 6.45) is 1.32. The third-order valence-corrected chi connectivity index (χ3v) is 5.29. The molecule has 4 rings (SSSR count). The van der Waals surface area contributed by atoms with Crippen molar-refractivity contribution in [3.05, 3.63) is 69.9 Å². The van der Waals surface area contributed by atoms with E-state index >= 15 is 0 Å². The highest BCUT2D eigenvalue weighted by molar-refractivity contribution is 6.30. The van der Waals surface area contributed by atoms with Crippen molar-refractivity contribution in [1.29, 1.82) is 0 Å². The summed E-state index contributed by atoms with van der Waals surface area (Å²) in [5.41, 5.74) is -0.0165. The SMILES string of the molecule is O=C(O)c1c(O)c(C2(c3ccc(Cl)cc3)CC2)nc2c(C(=O)O)cccc12. The normalized spacial score (nSPS) is 14.9. The van der Waals surface area contributed by atoms with Gasteiger partial charge in [0.15, 0.2) is 5.75 Å². The van der Waals surface area contributed by atoms with Gasteiger partial charge in [-0.25, -0.2) is 14.6 Å². The number of pyridine rings is 1. The van der Waals surface area contributed by atoms with Crippen LogP contribution in [0.1, 0.15) is 44.8 Å². The maximum Gasteiger partial charge on any atom is 0.340 e. The Labute approximate surface area is 158 Å². The highest BCUT2D eigenvalue weighted by Crippen LogP contribution is 2.56. The third-order valence-electron chi connectivity index (χ3n) is 5.03. The second-order valence-corrected chi connectivity index (χ2v) is 7.02. The van der Waals surface area contributed by atoms with Crippen LogP contribution in [-0.2, 0) is 5.41 Å². The molecule has 1 aromatic heterocycles. The largest absolute Gasteiger partial charge is 0.505 e. The highest BCUT2D eigenvalue weighted by Gasteiger charge is 2.50. The van der Waals surface area contributed by atoms with Crippen molar-refractivity contribution >= 4 is 34.4 Å². The van der Waals surface area contributed by atoms with E-state index in [0.29, 0.717) is 17.9 Å². The minimum Gasteiger partial charge on any atom is -0.505 e. The van der Waals surface area contributed by atoms with Crippen LogP contribution in [0, 0.1) is 0 Å². The summed E-state index contributed by atoms with van der Waals surface area (Å²) in [5.74, 6) is -2.97. The first-order chi connectivity index (χ1) is 12.8. The van der Waals surface area contributed by atoms with Gasteiger partial charge in [-0.15, -0.1) is 0 Å². The van der Waals surface area contributed by atoms with Gasteiger partial charge >= 0.3 is 11.9 Å². The fourth-order valence-electron chi connectivity index (χ4n) is 3.56. The zero-order chi connectivity index (χ0) is 19.3. The van der Waals surface area contributed by atoms with Crippen LogP contribution in [0.3, 0.4) is 0 Å². The van der Waals surface area contributed by atoms with E-state index < -0.39 is 23.1 Å². The van der Waals surface area contributed by atoms with Crippen LogP contribution >= 0.6 is 11.6 Å². The number of aromatic carboxylic acids is 2. The number of nitrogens with zero attached hydrogens (tertiary/aromatic N) is 1.